The number of hydrogen-bond acceptors (Lipinski definition) is 6. The summed E-state index contributed by atoms with van der Waals surface area (Å²) in [6.07, 6.45) is -2.31. The molecule has 1 fully saturated rings. The summed E-state index contributed by atoms with van der Waals surface area (Å²) in [5, 5.41) is 13.7. The molecule has 1 N–H and O–H groups in total. The van der Waals surface area contributed by atoms with Crippen LogP contribution >= 0.6 is 0 Å². The number of piperidine rings is 1. The Bertz CT molecular complexity index is 1130. The summed E-state index contributed by atoms with van der Waals surface area (Å²) in [7, 11) is 0. The Morgan fingerprint density at radius 3 is 2.78 bits per heavy atom. The van der Waals surface area contributed by atoms with Gasteiger partial charge in [0, 0.05) is 19.3 Å². The molecule has 1 atom stereocenters. The van der Waals surface area contributed by atoms with E-state index in [0.717, 1.165) is 6.07 Å². The summed E-state index contributed by atoms with van der Waals surface area (Å²) in [5.74, 6) is -1.50. The molecule has 32 heavy (non-hydrogen) atoms. The maximum absolute atomic E-state index is 14.3. The molecule has 1 amide bonds. The fourth-order valence-electron chi connectivity index (χ4n) is 3.70. The van der Waals surface area contributed by atoms with E-state index in [1.54, 1.807) is 6.92 Å². The second-order valence-electron chi connectivity index (χ2n) is 7.45. The first kappa shape index (κ1) is 21.7. The van der Waals surface area contributed by atoms with Crippen molar-refractivity contribution >= 4 is 17.4 Å². The van der Waals surface area contributed by atoms with Gasteiger partial charge >= 0.3 is 6.18 Å². The van der Waals surface area contributed by atoms with Crippen LogP contribution in [-0.4, -0.2) is 44.2 Å². The smallest absolute Gasteiger partial charge is 0.355 e. The van der Waals surface area contributed by atoms with E-state index in [4.69, 9.17) is 0 Å². The maximum atomic E-state index is 14.3. The van der Waals surface area contributed by atoms with Gasteiger partial charge in [-0.15, -0.1) is 5.10 Å². The first-order valence-corrected chi connectivity index (χ1v) is 9.87. The Kier molecular flexibility index (Phi) is 5.76. The first-order chi connectivity index (χ1) is 15.2. The van der Waals surface area contributed by atoms with Crippen LogP contribution in [0.2, 0.25) is 0 Å². The number of pyridine rings is 1. The summed E-state index contributed by atoms with van der Waals surface area (Å²) in [6, 6.07) is 6.24. The average molecular weight is 449 g/mol. The molecule has 0 spiro atoms. The number of carbonyl (C=O) groups excluding carboxylic acids is 1. The van der Waals surface area contributed by atoms with Crippen molar-refractivity contribution in [1.29, 1.82) is 0 Å². The van der Waals surface area contributed by atoms with E-state index >= 15 is 0 Å². The van der Waals surface area contributed by atoms with Crippen LogP contribution in [0.25, 0.3) is 5.69 Å². The lowest BCUT2D eigenvalue weighted by atomic mass is 9.96. The van der Waals surface area contributed by atoms with E-state index in [-0.39, 0.29) is 18.1 Å². The van der Waals surface area contributed by atoms with Crippen molar-refractivity contribution in [3.63, 3.8) is 0 Å². The number of anilines is 2. The Morgan fingerprint density at radius 1 is 1.25 bits per heavy atom. The number of hydrogen-bond donors (Lipinski definition) is 1. The molecule has 168 valence electrons. The molecule has 1 aliphatic heterocycles. The lowest BCUT2D eigenvalue weighted by Gasteiger charge is -2.34. The van der Waals surface area contributed by atoms with Crippen LogP contribution in [0.5, 0.6) is 0 Å². The monoisotopic (exact) mass is 449 g/mol. The molecular formula is C20H19F4N7O. The minimum atomic E-state index is -4.56. The zero-order valence-corrected chi connectivity index (χ0v) is 17.0. The molecule has 1 aliphatic rings. The SMILES string of the molecule is Cc1nnnn1-c1ccc(F)c(NC(=O)C2CCCN(c3ncccc3C(F)(F)F)C2)c1. The number of nitrogens with zero attached hydrogens (tertiary/aromatic N) is 6. The summed E-state index contributed by atoms with van der Waals surface area (Å²) in [6.45, 7) is 2.05. The Labute approximate surface area is 180 Å². The third-order valence-electron chi connectivity index (χ3n) is 5.26. The number of amides is 1. The van der Waals surface area contributed by atoms with Gasteiger partial charge in [0.15, 0.2) is 5.82 Å². The number of nitrogens with one attached hydrogen (secondary N) is 1. The molecule has 8 nitrogen and oxygen atoms in total. The van der Waals surface area contributed by atoms with E-state index in [1.165, 1.54) is 40.0 Å². The van der Waals surface area contributed by atoms with Crippen molar-refractivity contribution in [3.8, 4) is 5.69 Å². The van der Waals surface area contributed by atoms with Gasteiger partial charge in [0.1, 0.15) is 11.6 Å². The maximum Gasteiger partial charge on any atom is 0.419 e. The quantitative estimate of drug-likeness (QED) is 0.615. The summed E-state index contributed by atoms with van der Waals surface area (Å²) < 4.78 is 55.8. The molecule has 1 unspecified atom stereocenters. The number of carbonyl (C=O) groups is 1. The zero-order valence-electron chi connectivity index (χ0n) is 17.0. The van der Waals surface area contributed by atoms with Crippen LogP contribution in [0.15, 0.2) is 36.5 Å². The lowest BCUT2D eigenvalue weighted by Crippen LogP contribution is -2.42. The Hall–Kier alpha value is -3.57. The van der Waals surface area contributed by atoms with Crippen molar-refractivity contribution in [2.24, 2.45) is 5.92 Å². The van der Waals surface area contributed by atoms with Crippen LogP contribution in [-0.2, 0) is 11.0 Å². The molecule has 4 rings (SSSR count). The number of halogens is 4. The summed E-state index contributed by atoms with van der Waals surface area (Å²) in [5.41, 5.74) is -0.456. The van der Waals surface area contributed by atoms with Gasteiger partial charge in [0.05, 0.1) is 22.9 Å². The molecule has 3 aromatic rings. The van der Waals surface area contributed by atoms with Gasteiger partial charge < -0.3 is 10.2 Å². The minimum Gasteiger partial charge on any atom is -0.355 e. The van der Waals surface area contributed by atoms with E-state index in [1.807, 2.05) is 0 Å². The number of alkyl halides is 3. The van der Waals surface area contributed by atoms with Crippen molar-refractivity contribution in [2.45, 2.75) is 25.9 Å². The third kappa shape index (κ3) is 4.39. The van der Waals surface area contributed by atoms with Gasteiger partial charge in [-0.2, -0.15) is 17.9 Å². The molecule has 0 aliphatic carbocycles. The number of aryl methyl sites for hydroxylation is 1. The minimum absolute atomic E-state index is 0.0410. The Balaban J connectivity index is 1.52. The fourth-order valence-corrected chi connectivity index (χ4v) is 3.70. The average Bonchev–Trinajstić information content (AvgIpc) is 3.20. The van der Waals surface area contributed by atoms with Crippen LogP contribution in [0.4, 0.5) is 29.1 Å². The van der Waals surface area contributed by atoms with E-state index in [9.17, 15) is 22.4 Å². The van der Waals surface area contributed by atoms with Gasteiger partial charge in [0.25, 0.3) is 0 Å². The first-order valence-electron chi connectivity index (χ1n) is 9.87. The van der Waals surface area contributed by atoms with Crippen molar-refractivity contribution in [2.75, 3.05) is 23.3 Å². The van der Waals surface area contributed by atoms with Gasteiger partial charge in [-0.3, -0.25) is 4.79 Å². The largest absolute Gasteiger partial charge is 0.419 e. The van der Waals surface area contributed by atoms with E-state index in [0.29, 0.717) is 30.9 Å². The summed E-state index contributed by atoms with van der Waals surface area (Å²) >= 11 is 0. The van der Waals surface area contributed by atoms with E-state index in [2.05, 4.69) is 25.8 Å². The van der Waals surface area contributed by atoms with E-state index < -0.39 is 29.4 Å². The second kappa shape index (κ2) is 8.52. The highest BCUT2D eigenvalue weighted by Gasteiger charge is 2.37. The molecule has 1 saturated heterocycles. The molecule has 0 saturated carbocycles. The van der Waals surface area contributed by atoms with Gasteiger partial charge in [-0.1, -0.05) is 0 Å². The van der Waals surface area contributed by atoms with Crippen LogP contribution < -0.4 is 10.2 Å². The highest BCUT2D eigenvalue weighted by Crippen LogP contribution is 2.36. The van der Waals surface area contributed by atoms with Crippen LogP contribution in [0.1, 0.15) is 24.2 Å². The predicted molar refractivity (Wildman–Crippen MR) is 107 cm³/mol. The normalized spacial score (nSPS) is 16.8. The van der Waals surface area contributed by atoms with Crippen LogP contribution in [0, 0.1) is 18.7 Å². The topological polar surface area (TPSA) is 88.8 Å². The fraction of sp³-hybridized carbons (Fsp3) is 0.350. The summed E-state index contributed by atoms with van der Waals surface area (Å²) in [4.78, 5) is 18.2. The van der Waals surface area contributed by atoms with Gasteiger partial charge in [-0.25, -0.2) is 9.37 Å². The molecule has 3 heterocycles. The number of rotatable bonds is 4. The van der Waals surface area contributed by atoms with Crippen molar-refractivity contribution in [3.05, 3.63) is 53.7 Å². The van der Waals surface area contributed by atoms with Gasteiger partial charge in [-0.05, 0) is 60.5 Å². The molecule has 2 aromatic heterocycles. The number of benzene rings is 1. The second-order valence-corrected chi connectivity index (χ2v) is 7.45. The molecule has 12 heteroatoms. The zero-order chi connectivity index (χ0) is 22.9. The molecular weight excluding hydrogens is 430 g/mol. The third-order valence-corrected chi connectivity index (χ3v) is 5.26. The highest BCUT2D eigenvalue weighted by molar-refractivity contribution is 5.93. The standard InChI is InChI=1S/C20H19F4N7O/c1-12-27-28-29-31(12)14-6-7-16(21)17(10-14)26-19(32)13-4-3-9-30(11-13)18-15(20(22,23)24)5-2-8-25-18/h2,5-8,10,13H,3-4,9,11H2,1H3,(H,26,32). The Morgan fingerprint density at radius 2 is 2.06 bits per heavy atom. The number of tetrazole rings is 1. The molecule has 0 bridgehead atoms. The highest BCUT2D eigenvalue weighted by atomic mass is 19.4. The van der Waals surface area contributed by atoms with Crippen molar-refractivity contribution in [1.82, 2.24) is 25.2 Å². The molecule has 0 radical (unpaired) electrons. The lowest BCUT2D eigenvalue weighted by molar-refractivity contribution is -0.137. The number of aromatic nitrogens is 5. The van der Waals surface area contributed by atoms with Crippen molar-refractivity contribution < 1.29 is 22.4 Å². The van der Waals surface area contributed by atoms with Gasteiger partial charge in [0.2, 0.25) is 5.91 Å². The van der Waals surface area contributed by atoms with Crippen LogP contribution in [0.3, 0.4) is 0 Å². The molecule has 1 aromatic carbocycles. The predicted octanol–water partition coefficient (Wildman–Crippen LogP) is 3.38.